The van der Waals surface area contributed by atoms with Crippen LogP contribution < -0.4 is 10.6 Å². The summed E-state index contributed by atoms with van der Waals surface area (Å²) in [5.41, 5.74) is 0.962. The molecule has 0 spiro atoms. The Morgan fingerprint density at radius 1 is 1.36 bits per heavy atom. The molecule has 2 N–H and O–H groups in total. The third kappa shape index (κ3) is 6.49. The van der Waals surface area contributed by atoms with Gasteiger partial charge in [0.25, 0.3) is 0 Å². The van der Waals surface area contributed by atoms with Gasteiger partial charge >= 0.3 is 0 Å². The minimum absolute atomic E-state index is 0. The first-order chi connectivity index (χ1) is 11.5. The molecular weight excluding hydrogens is 361 g/mol. The van der Waals surface area contributed by atoms with Crippen molar-refractivity contribution in [2.45, 2.75) is 32.7 Å². The fourth-order valence-electron chi connectivity index (χ4n) is 2.92. The highest BCUT2D eigenvalue weighted by Crippen LogP contribution is 2.28. The molecular formula is C18H27Cl2N3O2. The lowest BCUT2D eigenvalue weighted by molar-refractivity contribution is -0.134. The third-order valence-electron chi connectivity index (χ3n) is 4.08. The maximum absolute atomic E-state index is 12.6. The second-order valence-electron chi connectivity index (χ2n) is 6.53. The number of carbonyl (C=O) groups excluding carboxylic acids is 2. The summed E-state index contributed by atoms with van der Waals surface area (Å²) in [7, 11) is 0. The Bertz CT molecular complexity index is 581. The van der Waals surface area contributed by atoms with Crippen molar-refractivity contribution in [3.05, 3.63) is 34.9 Å². The summed E-state index contributed by atoms with van der Waals surface area (Å²) >= 11 is 6.30. The molecule has 1 saturated heterocycles. The Morgan fingerprint density at radius 3 is 2.76 bits per heavy atom. The van der Waals surface area contributed by atoms with E-state index in [-0.39, 0.29) is 30.3 Å². The normalized spacial score (nSPS) is 17.1. The van der Waals surface area contributed by atoms with Crippen LogP contribution in [0.5, 0.6) is 0 Å². The molecule has 1 aliphatic rings. The zero-order valence-corrected chi connectivity index (χ0v) is 16.3. The number of hydrogen-bond acceptors (Lipinski definition) is 3. The minimum Gasteiger partial charge on any atom is -0.356 e. The maximum atomic E-state index is 12.6. The Labute approximate surface area is 160 Å². The smallest absolute Gasteiger partial charge is 0.224 e. The first-order valence-electron chi connectivity index (χ1n) is 8.50. The zero-order valence-electron chi connectivity index (χ0n) is 14.8. The van der Waals surface area contributed by atoms with E-state index in [1.165, 1.54) is 0 Å². The summed E-state index contributed by atoms with van der Waals surface area (Å²) in [5.74, 6) is 0.366. The number of rotatable bonds is 6. The summed E-state index contributed by atoms with van der Waals surface area (Å²) in [5, 5.41) is 6.82. The standard InChI is InChI=1S/C18H26ClN3O2.ClH/c1-13(2)11-17(23)21-8-7-18(24)22-10-9-20-12-16(22)14-5-3-4-6-15(14)19;/h3-6,13,16,20H,7-12H2,1-2H3,(H,21,23);1H. The van der Waals surface area contributed by atoms with Crippen LogP contribution in [0, 0.1) is 5.92 Å². The van der Waals surface area contributed by atoms with Gasteiger partial charge < -0.3 is 15.5 Å². The Balaban J connectivity index is 0.00000312. The maximum Gasteiger partial charge on any atom is 0.224 e. The van der Waals surface area contributed by atoms with Crippen molar-refractivity contribution in [1.29, 1.82) is 0 Å². The van der Waals surface area contributed by atoms with Gasteiger partial charge in [-0.25, -0.2) is 0 Å². The molecule has 1 fully saturated rings. The summed E-state index contributed by atoms with van der Waals surface area (Å²) in [6.07, 6.45) is 0.800. The molecule has 25 heavy (non-hydrogen) atoms. The number of carbonyl (C=O) groups is 2. The molecule has 1 aromatic rings. The van der Waals surface area contributed by atoms with Gasteiger partial charge in [0, 0.05) is 44.0 Å². The van der Waals surface area contributed by atoms with Gasteiger partial charge in [0.1, 0.15) is 0 Å². The van der Waals surface area contributed by atoms with Crippen LogP contribution >= 0.6 is 24.0 Å². The van der Waals surface area contributed by atoms with Crippen LogP contribution in [0.4, 0.5) is 0 Å². The lowest BCUT2D eigenvalue weighted by Gasteiger charge is -2.37. The second-order valence-corrected chi connectivity index (χ2v) is 6.93. The van der Waals surface area contributed by atoms with Crippen LogP contribution in [-0.2, 0) is 9.59 Å². The molecule has 0 aromatic heterocycles. The van der Waals surface area contributed by atoms with Gasteiger partial charge in [-0.2, -0.15) is 0 Å². The Morgan fingerprint density at radius 2 is 2.08 bits per heavy atom. The van der Waals surface area contributed by atoms with E-state index in [0.29, 0.717) is 43.4 Å². The van der Waals surface area contributed by atoms with E-state index in [9.17, 15) is 9.59 Å². The second kappa shape index (κ2) is 10.6. The van der Waals surface area contributed by atoms with Crippen molar-refractivity contribution >= 4 is 35.8 Å². The van der Waals surface area contributed by atoms with E-state index >= 15 is 0 Å². The van der Waals surface area contributed by atoms with Gasteiger partial charge in [0.05, 0.1) is 6.04 Å². The van der Waals surface area contributed by atoms with Crippen LogP contribution in [-0.4, -0.2) is 42.9 Å². The average Bonchev–Trinajstić information content (AvgIpc) is 2.54. The largest absolute Gasteiger partial charge is 0.356 e. The molecule has 1 heterocycles. The monoisotopic (exact) mass is 387 g/mol. The first-order valence-corrected chi connectivity index (χ1v) is 8.88. The predicted octanol–water partition coefficient (Wildman–Crippen LogP) is 2.79. The number of hydrogen-bond donors (Lipinski definition) is 2. The van der Waals surface area contributed by atoms with Crippen LogP contribution in [0.3, 0.4) is 0 Å². The fourth-order valence-corrected chi connectivity index (χ4v) is 3.18. The minimum atomic E-state index is -0.0636. The van der Waals surface area contributed by atoms with Crippen molar-refractivity contribution in [2.24, 2.45) is 5.92 Å². The molecule has 1 atom stereocenters. The number of benzene rings is 1. The highest BCUT2D eigenvalue weighted by Gasteiger charge is 2.28. The molecule has 5 nitrogen and oxygen atoms in total. The fraction of sp³-hybridized carbons (Fsp3) is 0.556. The highest BCUT2D eigenvalue weighted by molar-refractivity contribution is 6.31. The van der Waals surface area contributed by atoms with Crippen molar-refractivity contribution in [2.75, 3.05) is 26.2 Å². The molecule has 1 unspecified atom stereocenters. The molecule has 0 radical (unpaired) electrons. The SMILES string of the molecule is CC(C)CC(=O)NCCC(=O)N1CCNCC1c1ccccc1Cl.Cl. The summed E-state index contributed by atoms with van der Waals surface area (Å²) in [6, 6.07) is 7.57. The lowest BCUT2D eigenvalue weighted by atomic mass is 10.0. The van der Waals surface area contributed by atoms with E-state index in [1.54, 1.807) is 0 Å². The summed E-state index contributed by atoms with van der Waals surface area (Å²) < 4.78 is 0. The van der Waals surface area contributed by atoms with Crippen LogP contribution in [0.1, 0.15) is 38.3 Å². The van der Waals surface area contributed by atoms with Crippen LogP contribution in [0.2, 0.25) is 5.02 Å². The van der Waals surface area contributed by atoms with Gasteiger partial charge in [0.15, 0.2) is 0 Å². The quantitative estimate of drug-likeness (QED) is 0.788. The lowest BCUT2D eigenvalue weighted by Crippen LogP contribution is -2.49. The number of nitrogens with zero attached hydrogens (tertiary/aromatic N) is 1. The molecule has 2 rings (SSSR count). The van der Waals surface area contributed by atoms with E-state index in [2.05, 4.69) is 10.6 Å². The third-order valence-corrected chi connectivity index (χ3v) is 4.43. The summed E-state index contributed by atoms with van der Waals surface area (Å²) in [4.78, 5) is 26.1. The van der Waals surface area contributed by atoms with Gasteiger partial charge in [-0.1, -0.05) is 43.6 Å². The van der Waals surface area contributed by atoms with E-state index in [1.807, 2.05) is 43.0 Å². The molecule has 7 heteroatoms. The molecule has 0 saturated carbocycles. The van der Waals surface area contributed by atoms with Crippen LogP contribution in [0.15, 0.2) is 24.3 Å². The highest BCUT2D eigenvalue weighted by atomic mass is 35.5. The van der Waals surface area contributed by atoms with Gasteiger partial charge in [-0.3, -0.25) is 9.59 Å². The van der Waals surface area contributed by atoms with Crippen molar-refractivity contribution in [3.63, 3.8) is 0 Å². The Kier molecular flexibility index (Phi) is 9.25. The van der Waals surface area contributed by atoms with Crippen molar-refractivity contribution in [1.82, 2.24) is 15.5 Å². The zero-order chi connectivity index (χ0) is 17.5. The van der Waals surface area contributed by atoms with Crippen molar-refractivity contribution in [3.8, 4) is 0 Å². The van der Waals surface area contributed by atoms with Crippen molar-refractivity contribution < 1.29 is 9.59 Å². The molecule has 2 amide bonds. The number of halogens is 2. The van der Waals surface area contributed by atoms with E-state index in [4.69, 9.17) is 11.6 Å². The average molecular weight is 388 g/mol. The van der Waals surface area contributed by atoms with Gasteiger partial charge in [-0.15, -0.1) is 12.4 Å². The predicted molar refractivity (Wildman–Crippen MR) is 103 cm³/mol. The van der Waals surface area contributed by atoms with E-state index in [0.717, 1.165) is 12.1 Å². The first kappa shape index (κ1) is 21.7. The number of nitrogens with one attached hydrogen (secondary N) is 2. The Hall–Kier alpha value is -1.30. The molecule has 0 bridgehead atoms. The topological polar surface area (TPSA) is 61.4 Å². The number of amides is 2. The van der Waals surface area contributed by atoms with Crippen LogP contribution in [0.25, 0.3) is 0 Å². The number of piperazine rings is 1. The van der Waals surface area contributed by atoms with E-state index < -0.39 is 0 Å². The molecule has 1 aromatic carbocycles. The van der Waals surface area contributed by atoms with Gasteiger partial charge in [-0.05, 0) is 17.5 Å². The molecule has 0 aliphatic carbocycles. The molecule has 1 aliphatic heterocycles. The van der Waals surface area contributed by atoms with Gasteiger partial charge in [0.2, 0.25) is 11.8 Å². The molecule has 140 valence electrons. The summed E-state index contributed by atoms with van der Waals surface area (Å²) in [6.45, 7) is 6.49.